The molecule has 0 saturated heterocycles. The maximum Gasteiger partial charge on any atom is 0.329 e. The number of nitrogens with zero attached hydrogens (tertiary/aromatic N) is 1. The topological polar surface area (TPSA) is 69.6 Å². The van der Waals surface area contributed by atoms with Crippen LogP contribution in [-0.2, 0) is 4.79 Å². The van der Waals surface area contributed by atoms with E-state index in [1.54, 1.807) is 25.1 Å². The zero-order chi connectivity index (χ0) is 14.6. The molecule has 0 atom stereocenters. The molecule has 0 spiro atoms. The summed E-state index contributed by atoms with van der Waals surface area (Å²) in [6, 6.07) is 6.68. The van der Waals surface area contributed by atoms with Crippen LogP contribution in [0.4, 0.5) is 10.5 Å². The van der Waals surface area contributed by atoms with Crippen molar-refractivity contribution < 1.29 is 14.7 Å². The third-order valence-corrected chi connectivity index (χ3v) is 3.33. The fourth-order valence-electron chi connectivity index (χ4n) is 1.67. The molecular weight excluding hydrogens is 312 g/mol. The fraction of sp³-hybridized carbons (Fsp3) is 0.385. The number of amides is 2. The highest BCUT2D eigenvalue weighted by Crippen LogP contribution is 2.19. The van der Waals surface area contributed by atoms with Crippen LogP contribution in [0.3, 0.4) is 0 Å². The number of carboxylic acids is 1. The molecule has 2 N–H and O–H groups in total. The second kappa shape index (κ2) is 6.06. The Balaban J connectivity index is 2.89. The minimum absolute atomic E-state index is 0.305. The average molecular weight is 329 g/mol. The first-order valence-corrected chi connectivity index (χ1v) is 6.66. The lowest BCUT2D eigenvalue weighted by atomic mass is 10.0. The third-order valence-electron chi connectivity index (χ3n) is 2.84. The molecule has 0 aromatic heterocycles. The molecule has 0 aliphatic carbocycles. The van der Waals surface area contributed by atoms with E-state index < -0.39 is 17.5 Å². The van der Waals surface area contributed by atoms with Crippen molar-refractivity contribution >= 4 is 33.6 Å². The summed E-state index contributed by atoms with van der Waals surface area (Å²) in [4.78, 5) is 24.6. The van der Waals surface area contributed by atoms with Crippen molar-refractivity contribution in [1.29, 1.82) is 0 Å². The lowest BCUT2D eigenvalue weighted by Crippen LogP contribution is -2.54. The third kappa shape index (κ3) is 3.70. The van der Waals surface area contributed by atoms with Crippen LogP contribution < -0.4 is 5.32 Å². The summed E-state index contributed by atoms with van der Waals surface area (Å²) in [5.74, 6) is -1.04. The van der Waals surface area contributed by atoms with Crippen molar-refractivity contribution in [3.63, 3.8) is 0 Å². The van der Waals surface area contributed by atoms with Crippen LogP contribution in [0, 0.1) is 0 Å². The predicted octanol–water partition coefficient (Wildman–Crippen LogP) is 3.17. The summed E-state index contributed by atoms with van der Waals surface area (Å²) < 4.78 is 0.839. The monoisotopic (exact) mass is 328 g/mol. The van der Waals surface area contributed by atoms with Gasteiger partial charge in [-0.3, -0.25) is 0 Å². The summed E-state index contributed by atoms with van der Waals surface area (Å²) in [6.07, 6.45) is 0. The normalized spacial score (nSPS) is 10.9. The summed E-state index contributed by atoms with van der Waals surface area (Å²) in [7, 11) is 0. The molecule has 104 valence electrons. The summed E-state index contributed by atoms with van der Waals surface area (Å²) in [5.41, 5.74) is -0.649. The molecule has 0 unspecified atom stereocenters. The van der Waals surface area contributed by atoms with Crippen LogP contribution in [0.25, 0.3) is 0 Å². The first kappa shape index (κ1) is 15.5. The SMILES string of the molecule is CCN(C(=O)Nc1cccc(Br)c1)C(C)(C)C(=O)O. The van der Waals surface area contributed by atoms with E-state index in [4.69, 9.17) is 0 Å². The first-order valence-electron chi connectivity index (χ1n) is 5.86. The van der Waals surface area contributed by atoms with E-state index >= 15 is 0 Å². The summed E-state index contributed by atoms with van der Waals surface area (Å²) >= 11 is 3.31. The van der Waals surface area contributed by atoms with Crippen molar-refractivity contribution in [2.24, 2.45) is 0 Å². The number of hydrogen-bond acceptors (Lipinski definition) is 2. The van der Waals surface area contributed by atoms with Crippen LogP contribution in [0.5, 0.6) is 0 Å². The predicted molar refractivity (Wildman–Crippen MR) is 77.3 cm³/mol. The second-order valence-electron chi connectivity index (χ2n) is 4.55. The van der Waals surface area contributed by atoms with Gasteiger partial charge in [0, 0.05) is 16.7 Å². The van der Waals surface area contributed by atoms with Crippen LogP contribution in [0.2, 0.25) is 0 Å². The Bertz CT molecular complexity index is 489. The molecule has 0 saturated carbocycles. The molecule has 0 radical (unpaired) electrons. The summed E-state index contributed by atoms with van der Waals surface area (Å²) in [5, 5.41) is 11.9. The Hall–Kier alpha value is -1.56. The number of anilines is 1. The number of rotatable bonds is 4. The van der Waals surface area contributed by atoms with E-state index in [-0.39, 0.29) is 0 Å². The molecule has 1 aromatic rings. The van der Waals surface area contributed by atoms with Gasteiger partial charge in [0.05, 0.1) is 0 Å². The standard InChI is InChI=1S/C13H17BrN2O3/c1-4-16(13(2,3)11(17)18)12(19)15-10-7-5-6-9(14)8-10/h5-8H,4H2,1-3H3,(H,15,19)(H,17,18). The Labute approximate surface area is 120 Å². The van der Waals surface area contributed by atoms with Crippen molar-refractivity contribution in [1.82, 2.24) is 4.90 Å². The molecule has 6 heteroatoms. The number of benzene rings is 1. The molecule has 5 nitrogen and oxygen atoms in total. The zero-order valence-corrected chi connectivity index (χ0v) is 12.7. The van der Waals surface area contributed by atoms with Crippen molar-refractivity contribution in [3.05, 3.63) is 28.7 Å². The van der Waals surface area contributed by atoms with E-state index in [2.05, 4.69) is 21.2 Å². The van der Waals surface area contributed by atoms with Gasteiger partial charge in [-0.2, -0.15) is 0 Å². The van der Waals surface area contributed by atoms with Crippen LogP contribution in [0.1, 0.15) is 20.8 Å². The number of halogens is 1. The van der Waals surface area contributed by atoms with Gasteiger partial charge in [-0.25, -0.2) is 9.59 Å². The molecule has 1 aromatic carbocycles. The van der Waals surface area contributed by atoms with Gasteiger partial charge >= 0.3 is 12.0 Å². The smallest absolute Gasteiger partial charge is 0.329 e. The molecule has 0 aliphatic heterocycles. The quantitative estimate of drug-likeness (QED) is 0.891. The fourth-order valence-corrected chi connectivity index (χ4v) is 2.06. The van der Waals surface area contributed by atoms with E-state index in [1.807, 2.05) is 6.07 Å². The molecule has 19 heavy (non-hydrogen) atoms. The highest BCUT2D eigenvalue weighted by Gasteiger charge is 2.36. The maximum atomic E-state index is 12.1. The molecular formula is C13H17BrN2O3. The minimum Gasteiger partial charge on any atom is -0.480 e. The Morgan fingerprint density at radius 1 is 1.42 bits per heavy atom. The Morgan fingerprint density at radius 3 is 2.53 bits per heavy atom. The first-order chi connectivity index (χ1) is 8.78. The average Bonchev–Trinajstić information content (AvgIpc) is 2.29. The number of carbonyl (C=O) groups excluding carboxylic acids is 1. The van der Waals surface area contributed by atoms with Gasteiger partial charge in [0.25, 0.3) is 0 Å². The molecule has 0 bridgehead atoms. The second-order valence-corrected chi connectivity index (χ2v) is 5.46. The highest BCUT2D eigenvalue weighted by atomic mass is 79.9. The number of carboxylic acid groups (broad SMARTS) is 1. The highest BCUT2D eigenvalue weighted by molar-refractivity contribution is 9.10. The van der Waals surface area contributed by atoms with Gasteiger partial charge in [0.1, 0.15) is 5.54 Å². The number of carbonyl (C=O) groups is 2. The Kier molecular flexibility index (Phi) is 4.94. The molecule has 1 rings (SSSR count). The van der Waals surface area contributed by atoms with E-state index in [0.717, 1.165) is 4.47 Å². The molecule has 0 aliphatic rings. The number of likely N-dealkylation sites (N-methyl/N-ethyl adjacent to an activating group) is 1. The van der Waals surface area contributed by atoms with E-state index in [9.17, 15) is 14.7 Å². The van der Waals surface area contributed by atoms with E-state index in [0.29, 0.717) is 12.2 Å². The van der Waals surface area contributed by atoms with Gasteiger partial charge < -0.3 is 15.3 Å². The van der Waals surface area contributed by atoms with Crippen LogP contribution >= 0.6 is 15.9 Å². The lowest BCUT2D eigenvalue weighted by molar-refractivity contribution is -0.147. The van der Waals surface area contributed by atoms with Crippen LogP contribution in [0.15, 0.2) is 28.7 Å². The number of aliphatic carboxylic acids is 1. The van der Waals surface area contributed by atoms with Gasteiger partial charge in [0.2, 0.25) is 0 Å². The zero-order valence-electron chi connectivity index (χ0n) is 11.1. The molecule has 2 amide bonds. The minimum atomic E-state index is -1.26. The lowest BCUT2D eigenvalue weighted by Gasteiger charge is -2.34. The summed E-state index contributed by atoms with van der Waals surface area (Å²) in [6.45, 7) is 5.04. The van der Waals surface area contributed by atoms with Gasteiger partial charge in [0.15, 0.2) is 0 Å². The maximum absolute atomic E-state index is 12.1. The Morgan fingerprint density at radius 2 is 2.05 bits per heavy atom. The van der Waals surface area contributed by atoms with Gasteiger partial charge in [-0.15, -0.1) is 0 Å². The van der Waals surface area contributed by atoms with Gasteiger partial charge in [-0.05, 0) is 39.0 Å². The number of hydrogen-bond donors (Lipinski definition) is 2. The number of urea groups is 1. The molecule has 0 fully saturated rings. The number of nitrogens with one attached hydrogen (secondary N) is 1. The van der Waals surface area contributed by atoms with Crippen LogP contribution in [-0.4, -0.2) is 34.1 Å². The van der Waals surface area contributed by atoms with Gasteiger partial charge in [-0.1, -0.05) is 22.0 Å². The van der Waals surface area contributed by atoms with Crippen molar-refractivity contribution in [2.75, 3.05) is 11.9 Å². The largest absolute Gasteiger partial charge is 0.480 e. The van der Waals surface area contributed by atoms with Crippen molar-refractivity contribution in [2.45, 2.75) is 26.3 Å². The van der Waals surface area contributed by atoms with E-state index in [1.165, 1.54) is 18.7 Å². The molecule has 0 heterocycles. The van der Waals surface area contributed by atoms with Crippen molar-refractivity contribution in [3.8, 4) is 0 Å².